The van der Waals surface area contributed by atoms with Gasteiger partial charge in [0.05, 0.1) is 0 Å². The average molecular weight is 301 g/mol. The van der Waals surface area contributed by atoms with Gasteiger partial charge in [-0.3, -0.25) is 0 Å². The number of allylic oxidation sites excluding steroid dienone is 1. The number of aromatic nitrogens is 1. The Morgan fingerprint density at radius 2 is 1.86 bits per heavy atom. The highest BCUT2D eigenvalue weighted by molar-refractivity contribution is 5.85. The molecule has 0 aliphatic carbocycles. The van der Waals surface area contributed by atoms with Gasteiger partial charge in [-0.1, -0.05) is 47.6 Å². The Kier molecular flexibility index (Phi) is 4.78. The van der Waals surface area contributed by atoms with E-state index in [4.69, 9.17) is 10.3 Å². The summed E-state index contributed by atoms with van der Waals surface area (Å²) >= 11 is 0. The predicted octanol–water partition coefficient (Wildman–Crippen LogP) is 4.03. The largest absolute Gasteiger partial charge is 0.356 e. The Morgan fingerprint density at radius 1 is 1.14 bits per heavy atom. The van der Waals surface area contributed by atoms with Gasteiger partial charge in [-0.05, 0) is 23.3 Å². The molecule has 3 nitrogen and oxygen atoms in total. The molecule has 0 amide bonds. The summed E-state index contributed by atoms with van der Waals surface area (Å²) < 4.78 is 5.40. The number of hydrogen-bond acceptors (Lipinski definition) is 3. The molecule has 1 atom stereocenters. The van der Waals surface area contributed by atoms with E-state index in [1.807, 2.05) is 48.5 Å². The number of hydrogen-bond donors (Lipinski definition) is 1. The number of benzene rings is 2. The van der Waals surface area contributed by atoms with E-state index in [0.717, 1.165) is 27.8 Å². The fraction of sp³-hybridized carbons (Fsp3) is 0.118. The van der Waals surface area contributed by atoms with Crippen molar-refractivity contribution in [3.63, 3.8) is 0 Å². The molecule has 0 unspecified atom stereocenters. The zero-order valence-corrected chi connectivity index (χ0v) is 12.3. The summed E-state index contributed by atoms with van der Waals surface area (Å²) in [6.07, 6.45) is 1.89. The summed E-state index contributed by atoms with van der Waals surface area (Å²) in [7, 11) is 0. The van der Waals surface area contributed by atoms with Crippen molar-refractivity contribution in [2.75, 3.05) is 0 Å². The van der Waals surface area contributed by atoms with E-state index in [2.05, 4.69) is 17.8 Å². The molecule has 4 heteroatoms. The molecule has 1 heterocycles. The molecular weight excluding hydrogens is 284 g/mol. The first-order valence-electron chi connectivity index (χ1n) is 6.60. The summed E-state index contributed by atoms with van der Waals surface area (Å²) in [6.45, 7) is 4.45. The number of fused-ring (bicyclic) bond motifs is 1. The average Bonchev–Trinajstić information content (AvgIpc) is 2.93. The van der Waals surface area contributed by atoms with Crippen molar-refractivity contribution < 1.29 is 4.52 Å². The molecular formula is C17H17ClN2O. The molecule has 0 aliphatic rings. The van der Waals surface area contributed by atoms with Gasteiger partial charge >= 0.3 is 0 Å². The maximum Gasteiger partial charge on any atom is 0.167 e. The van der Waals surface area contributed by atoms with Crippen molar-refractivity contribution in [3.8, 4) is 0 Å². The van der Waals surface area contributed by atoms with Crippen molar-refractivity contribution in [1.82, 2.24) is 5.16 Å². The summed E-state index contributed by atoms with van der Waals surface area (Å²) in [4.78, 5) is 0. The van der Waals surface area contributed by atoms with Crippen LogP contribution in [0.25, 0.3) is 11.0 Å². The number of para-hydroxylation sites is 1. The van der Waals surface area contributed by atoms with Crippen LogP contribution in [0.1, 0.15) is 22.7 Å². The highest BCUT2D eigenvalue weighted by Crippen LogP contribution is 2.32. The number of nitrogens with two attached hydrogens (primary N) is 1. The van der Waals surface area contributed by atoms with Gasteiger partial charge in [0.25, 0.3) is 0 Å². The van der Waals surface area contributed by atoms with Crippen molar-refractivity contribution in [2.24, 2.45) is 5.73 Å². The van der Waals surface area contributed by atoms with E-state index in [1.165, 1.54) is 0 Å². The molecule has 0 saturated heterocycles. The van der Waals surface area contributed by atoms with Crippen molar-refractivity contribution >= 4 is 23.4 Å². The second kappa shape index (κ2) is 6.57. The summed E-state index contributed by atoms with van der Waals surface area (Å²) in [5.74, 6) is -0.0154. The first kappa shape index (κ1) is 15.3. The van der Waals surface area contributed by atoms with Crippen molar-refractivity contribution in [2.45, 2.75) is 12.5 Å². The van der Waals surface area contributed by atoms with Gasteiger partial charge in [-0.2, -0.15) is 0 Å². The van der Waals surface area contributed by atoms with Crippen LogP contribution in [0.4, 0.5) is 0 Å². The maximum absolute atomic E-state index is 5.83. The van der Waals surface area contributed by atoms with E-state index in [1.54, 1.807) is 0 Å². The Bertz CT molecular complexity index is 751. The monoisotopic (exact) mass is 300 g/mol. The normalized spacial score (nSPS) is 11.9. The van der Waals surface area contributed by atoms with Gasteiger partial charge in [0.1, 0.15) is 5.69 Å². The lowest BCUT2D eigenvalue weighted by Gasteiger charge is -2.14. The fourth-order valence-corrected chi connectivity index (χ4v) is 2.54. The fourth-order valence-electron chi connectivity index (χ4n) is 2.54. The highest BCUT2D eigenvalue weighted by Gasteiger charge is 2.19. The Morgan fingerprint density at radius 3 is 2.62 bits per heavy atom. The molecule has 1 aromatic heterocycles. The molecule has 108 valence electrons. The molecule has 2 N–H and O–H groups in total. The van der Waals surface area contributed by atoms with Gasteiger partial charge in [0.2, 0.25) is 0 Å². The Balaban J connectivity index is 0.00000161. The van der Waals surface area contributed by atoms with Crippen molar-refractivity contribution in [3.05, 3.63) is 78.0 Å². The van der Waals surface area contributed by atoms with Gasteiger partial charge in [0.15, 0.2) is 5.58 Å². The second-order valence-electron chi connectivity index (χ2n) is 4.68. The number of halogens is 1. The topological polar surface area (TPSA) is 52.0 Å². The van der Waals surface area contributed by atoms with Crippen LogP contribution in [0.5, 0.6) is 0 Å². The van der Waals surface area contributed by atoms with E-state index in [0.29, 0.717) is 6.54 Å². The minimum atomic E-state index is -0.0154. The van der Waals surface area contributed by atoms with Crippen LogP contribution in [-0.4, -0.2) is 5.16 Å². The minimum absolute atomic E-state index is 0. The lowest BCUT2D eigenvalue weighted by molar-refractivity contribution is 0.445. The standard InChI is InChI=1S/C17H16N2O.ClH/c1-2-13(14-8-4-3-7-12(14)11-18)17-15-9-5-6-10-16(15)20-19-17;/h2-10,13H,1,11,18H2;1H/t13-;/m0./s1. The maximum atomic E-state index is 5.83. The molecule has 0 aliphatic heterocycles. The van der Waals surface area contributed by atoms with Gasteiger partial charge in [-0.15, -0.1) is 19.0 Å². The van der Waals surface area contributed by atoms with Gasteiger partial charge < -0.3 is 10.3 Å². The van der Waals surface area contributed by atoms with E-state index in [-0.39, 0.29) is 18.3 Å². The lowest BCUT2D eigenvalue weighted by atomic mass is 9.90. The molecule has 21 heavy (non-hydrogen) atoms. The Labute approximate surface area is 129 Å². The van der Waals surface area contributed by atoms with Crippen LogP contribution in [0, 0.1) is 0 Å². The molecule has 0 bridgehead atoms. The summed E-state index contributed by atoms with van der Waals surface area (Å²) in [5, 5.41) is 5.25. The van der Waals surface area contributed by atoms with Gasteiger partial charge in [0, 0.05) is 17.8 Å². The molecule has 0 saturated carbocycles. The third-order valence-corrected chi connectivity index (χ3v) is 3.55. The van der Waals surface area contributed by atoms with E-state index in [9.17, 15) is 0 Å². The van der Waals surface area contributed by atoms with E-state index < -0.39 is 0 Å². The zero-order chi connectivity index (χ0) is 13.9. The molecule has 0 radical (unpaired) electrons. The molecule has 3 aromatic rings. The molecule has 2 aromatic carbocycles. The molecule has 0 fully saturated rings. The predicted molar refractivity (Wildman–Crippen MR) is 87.6 cm³/mol. The summed E-state index contributed by atoms with van der Waals surface area (Å²) in [6, 6.07) is 16.0. The first-order chi connectivity index (χ1) is 9.85. The minimum Gasteiger partial charge on any atom is -0.356 e. The first-order valence-corrected chi connectivity index (χ1v) is 6.60. The quantitative estimate of drug-likeness (QED) is 0.740. The summed E-state index contributed by atoms with van der Waals surface area (Å²) in [5.41, 5.74) is 9.74. The Hall–Kier alpha value is -2.10. The van der Waals surface area contributed by atoms with Crippen LogP contribution in [0.3, 0.4) is 0 Å². The van der Waals surface area contributed by atoms with Crippen LogP contribution in [-0.2, 0) is 6.54 Å². The smallest absolute Gasteiger partial charge is 0.167 e. The van der Waals surface area contributed by atoms with Crippen LogP contribution >= 0.6 is 12.4 Å². The molecule has 3 rings (SSSR count). The highest BCUT2D eigenvalue weighted by atomic mass is 35.5. The van der Waals surface area contributed by atoms with Crippen LogP contribution in [0.2, 0.25) is 0 Å². The van der Waals surface area contributed by atoms with Crippen LogP contribution < -0.4 is 5.73 Å². The SMILES string of the molecule is C=C[C@@H](c1ccccc1CN)c1noc2ccccc12.Cl. The number of rotatable bonds is 4. The van der Waals surface area contributed by atoms with Crippen molar-refractivity contribution in [1.29, 1.82) is 0 Å². The molecule has 0 spiro atoms. The lowest BCUT2D eigenvalue weighted by Crippen LogP contribution is -2.06. The van der Waals surface area contributed by atoms with E-state index >= 15 is 0 Å². The third kappa shape index (κ3) is 2.71. The van der Waals surface area contributed by atoms with Gasteiger partial charge in [-0.25, -0.2) is 0 Å². The zero-order valence-electron chi connectivity index (χ0n) is 11.5. The number of nitrogens with zero attached hydrogens (tertiary/aromatic N) is 1. The second-order valence-corrected chi connectivity index (χ2v) is 4.68. The third-order valence-electron chi connectivity index (χ3n) is 3.55. The van der Waals surface area contributed by atoms with Crippen LogP contribution in [0.15, 0.2) is 65.7 Å².